The van der Waals surface area contributed by atoms with Gasteiger partial charge in [0, 0.05) is 33.2 Å². The summed E-state index contributed by atoms with van der Waals surface area (Å²) in [6, 6.07) is 16.9. The number of carbonyl (C=O) groups excluding carboxylic acids is 1. The number of amides is 1. The van der Waals surface area contributed by atoms with Crippen LogP contribution in [0.5, 0.6) is 0 Å². The SMILES string of the molecule is Cc1ccc(S(=O)(=O)N2CCN(C(=O)CSc3ncc(-c4ccccc4)n3C)CC2)cc1. The molecule has 4 rings (SSSR count). The van der Waals surface area contributed by atoms with E-state index in [1.807, 2.05) is 55.1 Å². The van der Waals surface area contributed by atoms with Crippen molar-refractivity contribution in [3.05, 3.63) is 66.4 Å². The second-order valence-electron chi connectivity index (χ2n) is 7.74. The van der Waals surface area contributed by atoms with Gasteiger partial charge in [-0.15, -0.1) is 0 Å². The lowest BCUT2D eigenvalue weighted by Crippen LogP contribution is -2.50. The van der Waals surface area contributed by atoms with Gasteiger partial charge in [0.2, 0.25) is 15.9 Å². The molecule has 1 aliphatic rings. The number of nitrogens with zero attached hydrogens (tertiary/aromatic N) is 4. The largest absolute Gasteiger partial charge is 0.339 e. The number of aryl methyl sites for hydroxylation is 1. The Kier molecular flexibility index (Phi) is 6.68. The van der Waals surface area contributed by atoms with E-state index in [0.29, 0.717) is 31.1 Å². The summed E-state index contributed by atoms with van der Waals surface area (Å²) in [5.74, 6) is 0.260. The molecule has 7 nitrogen and oxygen atoms in total. The first-order valence-corrected chi connectivity index (χ1v) is 12.8. The minimum Gasteiger partial charge on any atom is -0.339 e. The summed E-state index contributed by atoms with van der Waals surface area (Å²) >= 11 is 1.40. The third kappa shape index (κ3) is 4.74. The van der Waals surface area contributed by atoms with Crippen molar-refractivity contribution >= 4 is 27.7 Å². The summed E-state index contributed by atoms with van der Waals surface area (Å²) in [4.78, 5) is 19.2. The normalized spacial score (nSPS) is 15.1. The smallest absolute Gasteiger partial charge is 0.243 e. The zero-order chi connectivity index (χ0) is 22.7. The first kappa shape index (κ1) is 22.6. The van der Waals surface area contributed by atoms with Gasteiger partial charge in [-0.25, -0.2) is 13.4 Å². The Labute approximate surface area is 193 Å². The van der Waals surface area contributed by atoms with Gasteiger partial charge in [-0.3, -0.25) is 4.79 Å². The Morgan fingerprint density at radius 3 is 2.31 bits per heavy atom. The van der Waals surface area contributed by atoms with Gasteiger partial charge in [-0.1, -0.05) is 59.8 Å². The van der Waals surface area contributed by atoms with Gasteiger partial charge in [-0.2, -0.15) is 4.31 Å². The molecule has 1 aliphatic heterocycles. The monoisotopic (exact) mass is 470 g/mol. The zero-order valence-electron chi connectivity index (χ0n) is 18.1. The van der Waals surface area contributed by atoms with Gasteiger partial charge in [0.25, 0.3) is 0 Å². The van der Waals surface area contributed by atoms with Gasteiger partial charge < -0.3 is 9.47 Å². The zero-order valence-corrected chi connectivity index (χ0v) is 19.8. The second-order valence-corrected chi connectivity index (χ2v) is 10.6. The maximum absolute atomic E-state index is 12.8. The van der Waals surface area contributed by atoms with Crippen LogP contribution in [0, 0.1) is 6.92 Å². The summed E-state index contributed by atoms with van der Waals surface area (Å²) in [5, 5.41) is 0.776. The number of hydrogen-bond donors (Lipinski definition) is 0. The molecule has 1 fully saturated rings. The predicted molar refractivity (Wildman–Crippen MR) is 126 cm³/mol. The van der Waals surface area contributed by atoms with Crippen molar-refractivity contribution in [2.24, 2.45) is 7.05 Å². The van der Waals surface area contributed by atoms with Crippen molar-refractivity contribution in [1.29, 1.82) is 0 Å². The molecular weight excluding hydrogens is 444 g/mol. The average molecular weight is 471 g/mol. The highest BCUT2D eigenvalue weighted by Gasteiger charge is 2.30. The third-order valence-electron chi connectivity index (χ3n) is 5.59. The molecule has 0 unspecified atom stereocenters. The molecular formula is C23H26N4O3S2. The molecule has 0 spiro atoms. The fourth-order valence-electron chi connectivity index (χ4n) is 3.66. The average Bonchev–Trinajstić information content (AvgIpc) is 3.18. The summed E-state index contributed by atoms with van der Waals surface area (Å²) in [6.45, 7) is 3.30. The Hall–Kier alpha value is -2.62. The van der Waals surface area contributed by atoms with E-state index in [4.69, 9.17) is 0 Å². The number of carbonyl (C=O) groups is 1. The van der Waals surface area contributed by atoms with E-state index in [1.165, 1.54) is 16.1 Å². The summed E-state index contributed by atoms with van der Waals surface area (Å²) in [7, 11) is -1.59. The van der Waals surface area contributed by atoms with Gasteiger partial charge in [-0.05, 0) is 24.6 Å². The van der Waals surface area contributed by atoms with Crippen molar-refractivity contribution in [2.45, 2.75) is 17.0 Å². The van der Waals surface area contributed by atoms with Crippen LogP contribution in [-0.2, 0) is 21.9 Å². The number of piperazine rings is 1. The Morgan fingerprint density at radius 1 is 1.00 bits per heavy atom. The molecule has 0 radical (unpaired) electrons. The van der Waals surface area contributed by atoms with Crippen LogP contribution in [0.2, 0.25) is 0 Å². The third-order valence-corrected chi connectivity index (χ3v) is 8.53. The van der Waals surface area contributed by atoms with Crippen molar-refractivity contribution in [2.75, 3.05) is 31.9 Å². The van der Waals surface area contributed by atoms with Crippen LogP contribution >= 0.6 is 11.8 Å². The summed E-state index contributed by atoms with van der Waals surface area (Å²) in [6.07, 6.45) is 1.82. The maximum atomic E-state index is 12.8. The minimum atomic E-state index is -3.54. The fraction of sp³-hybridized carbons (Fsp3) is 0.304. The molecule has 0 atom stereocenters. The topological polar surface area (TPSA) is 75.5 Å². The van der Waals surface area contributed by atoms with Gasteiger partial charge >= 0.3 is 0 Å². The summed E-state index contributed by atoms with van der Waals surface area (Å²) < 4.78 is 29.1. The van der Waals surface area contributed by atoms with Crippen LogP contribution in [0.1, 0.15) is 5.56 Å². The van der Waals surface area contributed by atoms with Crippen molar-refractivity contribution in [3.8, 4) is 11.3 Å². The Bertz CT molecular complexity index is 1180. The molecule has 2 aromatic carbocycles. The van der Waals surface area contributed by atoms with Crippen LogP contribution in [0.3, 0.4) is 0 Å². The van der Waals surface area contributed by atoms with Gasteiger partial charge in [0.1, 0.15) is 0 Å². The summed E-state index contributed by atoms with van der Waals surface area (Å²) in [5.41, 5.74) is 3.09. The van der Waals surface area contributed by atoms with E-state index in [1.54, 1.807) is 29.2 Å². The van der Waals surface area contributed by atoms with E-state index >= 15 is 0 Å². The van der Waals surface area contributed by atoms with Crippen LogP contribution in [-0.4, -0.2) is 65.0 Å². The highest BCUT2D eigenvalue weighted by Crippen LogP contribution is 2.25. The highest BCUT2D eigenvalue weighted by molar-refractivity contribution is 7.99. The lowest BCUT2D eigenvalue weighted by Gasteiger charge is -2.34. The van der Waals surface area contributed by atoms with E-state index in [-0.39, 0.29) is 11.7 Å². The molecule has 1 aromatic heterocycles. The molecule has 168 valence electrons. The number of hydrogen-bond acceptors (Lipinski definition) is 5. The first-order chi connectivity index (χ1) is 15.4. The number of thioether (sulfide) groups is 1. The number of rotatable bonds is 6. The lowest BCUT2D eigenvalue weighted by molar-refractivity contribution is -0.129. The number of imidazole rings is 1. The Balaban J connectivity index is 1.33. The standard InChI is InChI=1S/C23H26N4O3S2/c1-18-8-10-20(11-9-18)32(29,30)27-14-12-26(13-15-27)22(28)17-31-23-24-16-21(25(23)2)19-6-4-3-5-7-19/h3-11,16H,12-15,17H2,1-2H3. The van der Waals surface area contributed by atoms with Gasteiger partial charge in [0.05, 0.1) is 22.5 Å². The maximum Gasteiger partial charge on any atom is 0.243 e. The molecule has 2 heterocycles. The molecule has 0 N–H and O–H groups in total. The molecule has 32 heavy (non-hydrogen) atoms. The van der Waals surface area contributed by atoms with Crippen LogP contribution in [0.25, 0.3) is 11.3 Å². The molecule has 0 saturated carbocycles. The predicted octanol–water partition coefficient (Wildman–Crippen LogP) is 3.02. The van der Waals surface area contributed by atoms with Crippen molar-refractivity contribution < 1.29 is 13.2 Å². The van der Waals surface area contributed by atoms with E-state index in [2.05, 4.69) is 4.98 Å². The molecule has 3 aromatic rings. The van der Waals surface area contributed by atoms with E-state index in [0.717, 1.165) is 22.0 Å². The van der Waals surface area contributed by atoms with E-state index in [9.17, 15) is 13.2 Å². The van der Waals surface area contributed by atoms with Crippen LogP contribution < -0.4 is 0 Å². The lowest BCUT2D eigenvalue weighted by atomic mass is 10.2. The first-order valence-electron chi connectivity index (χ1n) is 10.4. The highest BCUT2D eigenvalue weighted by atomic mass is 32.2. The number of benzene rings is 2. The number of sulfonamides is 1. The fourth-order valence-corrected chi connectivity index (χ4v) is 5.94. The Morgan fingerprint density at radius 2 is 1.66 bits per heavy atom. The van der Waals surface area contributed by atoms with E-state index < -0.39 is 10.0 Å². The molecule has 0 bridgehead atoms. The molecule has 9 heteroatoms. The van der Waals surface area contributed by atoms with Crippen LogP contribution in [0.15, 0.2) is 70.8 Å². The van der Waals surface area contributed by atoms with Crippen LogP contribution in [0.4, 0.5) is 0 Å². The second kappa shape index (κ2) is 9.48. The van der Waals surface area contributed by atoms with Crippen molar-refractivity contribution in [1.82, 2.24) is 18.8 Å². The van der Waals surface area contributed by atoms with Crippen molar-refractivity contribution in [3.63, 3.8) is 0 Å². The molecule has 0 aliphatic carbocycles. The number of aromatic nitrogens is 2. The van der Waals surface area contributed by atoms with Gasteiger partial charge in [0.15, 0.2) is 5.16 Å². The molecule has 1 saturated heterocycles. The molecule has 1 amide bonds. The minimum absolute atomic E-state index is 0.00774. The quantitative estimate of drug-likeness (QED) is 0.518.